The third kappa shape index (κ3) is 3.24. The fourth-order valence-corrected chi connectivity index (χ4v) is 4.67. The number of carboxylic acids is 1. The summed E-state index contributed by atoms with van der Waals surface area (Å²) in [5.41, 5.74) is -0.578. The maximum Gasteiger partial charge on any atom is 0.306 e. The summed E-state index contributed by atoms with van der Waals surface area (Å²) in [6.07, 6.45) is 1.47. The lowest BCUT2D eigenvalue weighted by atomic mass is 9.79. The molecule has 2 aliphatic rings. The summed E-state index contributed by atoms with van der Waals surface area (Å²) in [6.45, 7) is 0.205. The summed E-state index contributed by atoms with van der Waals surface area (Å²) in [4.78, 5) is 11.0. The van der Waals surface area contributed by atoms with Gasteiger partial charge < -0.3 is 9.84 Å². The molecule has 1 aliphatic heterocycles. The van der Waals surface area contributed by atoms with Crippen molar-refractivity contribution in [1.29, 1.82) is 0 Å². The van der Waals surface area contributed by atoms with Crippen LogP contribution >= 0.6 is 0 Å². The molecule has 8 heteroatoms. The highest BCUT2D eigenvalue weighted by molar-refractivity contribution is 7.89. The number of hydrogen-bond donors (Lipinski definition) is 1. The third-order valence-electron chi connectivity index (χ3n) is 4.41. The molecule has 0 amide bonds. The molecule has 1 saturated heterocycles. The summed E-state index contributed by atoms with van der Waals surface area (Å²) in [7, 11) is -3.80. The van der Waals surface area contributed by atoms with E-state index in [9.17, 15) is 17.6 Å². The summed E-state index contributed by atoms with van der Waals surface area (Å²) in [6, 6.07) is 4.64. The number of hydrogen-bond acceptors (Lipinski definition) is 4. The van der Waals surface area contributed by atoms with Crippen LogP contribution in [0.1, 0.15) is 25.7 Å². The zero-order chi connectivity index (χ0) is 16.7. The monoisotopic (exact) mass is 343 g/mol. The molecule has 1 N–H and O–H groups in total. The van der Waals surface area contributed by atoms with Crippen LogP contribution in [0, 0.1) is 5.82 Å². The molecule has 2 fully saturated rings. The fourth-order valence-electron chi connectivity index (χ4n) is 3.13. The lowest BCUT2D eigenvalue weighted by Gasteiger charge is -2.50. The molecular formula is C15H18FNO5S. The summed E-state index contributed by atoms with van der Waals surface area (Å²) in [5, 5.41) is 8.97. The maximum absolute atomic E-state index is 13.0. The Morgan fingerprint density at radius 3 is 2.52 bits per heavy atom. The fraction of sp³-hybridized carbons (Fsp3) is 0.533. The first-order valence-electron chi connectivity index (χ1n) is 7.46. The SMILES string of the molecule is O=C(O)CC1CN(S(=O)(=O)c2ccc(F)cc2)CC2(CCC2)O1. The Hall–Kier alpha value is -1.51. The molecule has 1 heterocycles. The molecule has 1 aromatic carbocycles. The number of sulfonamides is 1. The van der Waals surface area contributed by atoms with Crippen LogP contribution in [0.5, 0.6) is 0 Å². The Bertz CT molecular complexity index is 699. The van der Waals surface area contributed by atoms with Gasteiger partial charge in [-0.05, 0) is 43.5 Å². The number of rotatable bonds is 4. The van der Waals surface area contributed by atoms with Gasteiger partial charge in [0.25, 0.3) is 0 Å². The minimum absolute atomic E-state index is 0.00403. The molecule has 1 saturated carbocycles. The Kier molecular flexibility index (Phi) is 4.16. The van der Waals surface area contributed by atoms with Gasteiger partial charge in [0.05, 0.1) is 23.0 Å². The molecule has 1 unspecified atom stereocenters. The number of nitrogens with zero attached hydrogens (tertiary/aromatic N) is 1. The van der Waals surface area contributed by atoms with Crippen LogP contribution in [0.25, 0.3) is 0 Å². The Morgan fingerprint density at radius 1 is 1.35 bits per heavy atom. The van der Waals surface area contributed by atoms with E-state index in [1.54, 1.807) is 0 Å². The van der Waals surface area contributed by atoms with Crippen molar-refractivity contribution in [2.45, 2.75) is 42.3 Å². The van der Waals surface area contributed by atoms with Crippen LogP contribution in [-0.2, 0) is 19.6 Å². The van der Waals surface area contributed by atoms with Crippen molar-refractivity contribution in [3.63, 3.8) is 0 Å². The van der Waals surface area contributed by atoms with E-state index in [2.05, 4.69) is 0 Å². The van der Waals surface area contributed by atoms with Gasteiger partial charge in [-0.15, -0.1) is 0 Å². The van der Waals surface area contributed by atoms with Crippen molar-refractivity contribution in [2.75, 3.05) is 13.1 Å². The van der Waals surface area contributed by atoms with Gasteiger partial charge in [0, 0.05) is 13.1 Å². The van der Waals surface area contributed by atoms with Crippen LogP contribution in [0.2, 0.25) is 0 Å². The molecule has 1 aliphatic carbocycles. The summed E-state index contributed by atoms with van der Waals surface area (Å²) in [5.74, 6) is -1.53. The maximum atomic E-state index is 13.0. The van der Waals surface area contributed by atoms with E-state index in [1.165, 1.54) is 16.4 Å². The second-order valence-electron chi connectivity index (χ2n) is 6.13. The zero-order valence-corrected chi connectivity index (χ0v) is 13.3. The number of carboxylic acid groups (broad SMARTS) is 1. The van der Waals surface area contributed by atoms with Crippen molar-refractivity contribution in [1.82, 2.24) is 4.31 Å². The molecule has 0 aromatic heterocycles. The van der Waals surface area contributed by atoms with Crippen molar-refractivity contribution in [3.8, 4) is 0 Å². The van der Waals surface area contributed by atoms with Gasteiger partial charge >= 0.3 is 5.97 Å². The standard InChI is InChI=1S/C15H18FNO5S/c16-11-2-4-13(5-3-11)23(20,21)17-9-12(8-14(18)19)22-15(10-17)6-1-7-15/h2-5,12H,1,6-10H2,(H,18,19). The topological polar surface area (TPSA) is 83.9 Å². The third-order valence-corrected chi connectivity index (χ3v) is 6.23. The van der Waals surface area contributed by atoms with Crippen LogP contribution in [-0.4, -0.2) is 48.6 Å². The molecule has 126 valence electrons. The van der Waals surface area contributed by atoms with Gasteiger partial charge in [0.1, 0.15) is 5.82 Å². The minimum atomic E-state index is -3.80. The molecular weight excluding hydrogens is 325 g/mol. The quantitative estimate of drug-likeness (QED) is 0.898. The average Bonchev–Trinajstić information content (AvgIpc) is 2.45. The second kappa shape index (κ2) is 5.85. The smallest absolute Gasteiger partial charge is 0.306 e. The first-order valence-corrected chi connectivity index (χ1v) is 8.90. The van der Waals surface area contributed by atoms with Gasteiger partial charge in [-0.3, -0.25) is 4.79 Å². The van der Waals surface area contributed by atoms with Crippen molar-refractivity contribution in [2.24, 2.45) is 0 Å². The molecule has 0 radical (unpaired) electrons. The van der Waals surface area contributed by atoms with Crippen LogP contribution in [0.3, 0.4) is 0 Å². The van der Waals surface area contributed by atoms with Crippen LogP contribution < -0.4 is 0 Å². The lowest BCUT2D eigenvalue weighted by Crippen LogP contribution is -2.60. The number of halogens is 1. The number of benzene rings is 1. The van der Waals surface area contributed by atoms with E-state index < -0.39 is 33.5 Å². The van der Waals surface area contributed by atoms with Gasteiger partial charge in [-0.25, -0.2) is 12.8 Å². The highest BCUT2D eigenvalue weighted by Gasteiger charge is 2.48. The van der Waals surface area contributed by atoms with E-state index in [0.717, 1.165) is 31.4 Å². The van der Waals surface area contributed by atoms with Gasteiger partial charge in [0.2, 0.25) is 10.0 Å². The predicted octanol–water partition coefficient (Wildman–Crippen LogP) is 1.61. The molecule has 0 bridgehead atoms. The molecule has 23 heavy (non-hydrogen) atoms. The van der Waals surface area contributed by atoms with E-state index in [-0.39, 0.29) is 24.4 Å². The van der Waals surface area contributed by atoms with Crippen molar-refractivity contribution in [3.05, 3.63) is 30.1 Å². The van der Waals surface area contributed by atoms with E-state index in [4.69, 9.17) is 9.84 Å². The molecule has 6 nitrogen and oxygen atoms in total. The van der Waals surface area contributed by atoms with Gasteiger partial charge in [0.15, 0.2) is 0 Å². The van der Waals surface area contributed by atoms with E-state index >= 15 is 0 Å². The van der Waals surface area contributed by atoms with E-state index in [0.29, 0.717) is 0 Å². The first-order chi connectivity index (χ1) is 10.8. The first kappa shape index (κ1) is 16.4. The highest BCUT2D eigenvalue weighted by atomic mass is 32.2. The van der Waals surface area contributed by atoms with Crippen molar-refractivity contribution >= 4 is 16.0 Å². The normalized spacial score (nSPS) is 24.3. The van der Waals surface area contributed by atoms with Gasteiger partial charge in [-0.2, -0.15) is 4.31 Å². The lowest BCUT2D eigenvalue weighted by molar-refractivity contribution is -0.183. The molecule has 1 atom stereocenters. The number of morpholine rings is 1. The molecule has 1 aromatic rings. The predicted molar refractivity (Wildman–Crippen MR) is 78.9 cm³/mol. The second-order valence-corrected chi connectivity index (χ2v) is 8.06. The number of aliphatic carboxylic acids is 1. The zero-order valence-electron chi connectivity index (χ0n) is 12.4. The molecule has 3 rings (SSSR count). The van der Waals surface area contributed by atoms with Gasteiger partial charge in [-0.1, -0.05) is 0 Å². The van der Waals surface area contributed by atoms with Crippen LogP contribution in [0.15, 0.2) is 29.2 Å². The van der Waals surface area contributed by atoms with Crippen LogP contribution in [0.4, 0.5) is 4.39 Å². The van der Waals surface area contributed by atoms with E-state index in [1.807, 2.05) is 0 Å². The Labute approximate surface area is 133 Å². The highest BCUT2D eigenvalue weighted by Crippen LogP contribution is 2.41. The Morgan fingerprint density at radius 2 is 2.00 bits per heavy atom. The largest absolute Gasteiger partial charge is 0.481 e. The molecule has 1 spiro atoms. The summed E-state index contributed by atoms with van der Waals surface area (Å²) < 4.78 is 45.7. The average molecular weight is 343 g/mol. The van der Waals surface area contributed by atoms with Crippen molar-refractivity contribution < 1.29 is 27.4 Å². The minimum Gasteiger partial charge on any atom is -0.481 e. The number of ether oxygens (including phenoxy) is 1. The summed E-state index contributed by atoms with van der Waals surface area (Å²) >= 11 is 0. The number of carbonyl (C=O) groups is 1. The Balaban J connectivity index is 1.87.